The van der Waals surface area contributed by atoms with Crippen molar-refractivity contribution >= 4 is 34.2 Å². The van der Waals surface area contributed by atoms with Gasteiger partial charge in [-0.3, -0.25) is 4.79 Å². The molecule has 3 rings (SSSR count). The summed E-state index contributed by atoms with van der Waals surface area (Å²) < 4.78 is 1.07. The Kier molecular flexibility index (Phi) is 5.10. The Morgan fingerprint density at radius 1 is 1.15 bits per heavy atom. The first-order valence-corrected chi connectivity index (χ1v) is 7.78. The summed E-state index contributed by atoms with van der Waals surface area (Å²) in [7, 11) is 0. The lowest BCUT2D eigenvalue weighted by atomic mass is 9.94. The van der Waals surface area contributed by atoms with E-state index in [0.29, 0.717) is 5.91 Å². The normalized spacial score (nSPS) is 20.8. The fourth-order valence-electron chi connectivity index (χ4n) is 2.87. The topological polar surface area (TPSA) is 32.3 Å². The molecular formula is C15H20BrClN2O. The molecule has 3 nitrogen and oxygen atoms in total. The molecule has 1 saturated carbocycles. The number of hydrogen-bond acceptors (Lipinski definition) is 2. The van der Waals surface area contributed by atoms with Gasteiger partial charge in [-0.2, -0.15) is 0 Å². The highest BCUT2D eigenvalue weighted by Gasteiger charge is 2.52. The van der Waals surface area contributed by atoms with E-state index in [9.17, 15) is 4.79 Å². The van der Waals surface area contributed by atoms with Crippen LogP contribution in [0.25, 0.3) is 0 Å². The summed E-state index contributed by atoms with van der Waals surface area (Å²) in [5, 5.41) is 3.35. The number of halogens is 2. The van der Waals surface area contributed by atoms with E-state index in [-0.39, 0.29) is 17.8 Å². The van der Waals surface area contributed by atoms with E-state index in [1.165, 1.54) is 5.56 Å². The quantitative estimate of drug-likeness (QED) is 0.880. The third-order valence-electron chi connectivity index (χ3n) is 4.18. The van der Waals surface area contributed by atoms with Crippen LogP contribution in [0.15, 0.2) is 28.7 Å². The summed E-state index contributed by atoms with van der Waals surface area (Å²) in [5.74, 6) is 0.332. The lowest BCUT2D eigenvalue weighted by molar-refractivity contribution is -0.133. The molecule has 1 aliphatic carbocycles. The number of rotatable bonds is 2. The third-order valence-corrected chi connectivity index (χ3v) is 4.71. The van der Waals surface area contributed by atoms with Crippen LogP contribution in [0.4, 0.5) is 0 Å². The molecule has 1 aromatic carbocycles. The lowest BCUT2D eigenvalue weighted by Gasteiger charge is -2.26. The zero-order valence-corrected chi connectivity index (χ0v) is 13.8. The largest absolute Gasteiger partial charge is 0.341 e. The molecule has 5 heteroatoms. The maximum absolute atomic E-state index is 12.8. The van der Waals surface area contributed by atoms with E-state index >= 15 is 0 Å². The molecule has 110 valence electrons. The van der Waals surface area contributed by atoms with E-state index in [1.807, 2.05) is 12.1 Å². The molecule has 0 radical (unpaired) electrons. The third kappa shape index (κ3) is 3.02. The number of hydrogen-bond donors (Lipinski definition) is 1. The summed E-state index contributed by atoms with van der Waals surface area (Å²) in [5.41, 5.74) is 0.961. The molecule has 0 aromatic heterocycles. The second kappa shape index (κ2) is 6.46. The van der Waals surface area contributed by atoms with Crippen LogP contribution < -0.4 is 5.32 Å². The van der Waals surface area contributed by atoms with E-state index in [1.54, 1.807) is 0 Å². The van der Waals surface area contributed by atoms with Gasteiger partial charge in [0.05, 0.1) is 5.41 Å². The van der Waals surface area contributed by atoms with Gasteiger partial charge in [0.1, 0.15) is 0 Å². The highest BCUT2D eigenvalue weighted by atomic mass is 79.9. The van der Waals surface area contributed by atoms with Crippen LogP contribution in [-0.4, -0.2) is 37.0 Å². The van der Waals surface area contributed by atoms with Gasteiger partial charge in [-0.05, 0) is 43.5 Å². The first kappa shape index (κ1) is 15.8. The van der Waals surface area contributed by atoms with Crippen molar-refractivity contribution in [3.05, 3.63) is 34.3 Å². The van der Waals surface area contributed by atoms with Crippen LogP contribution in [0.3, 0.4) is 0 Å². The summed E-state index contributed by atoms with van der Waals surface area (Å²) in [6.45, 7) is 3.68. The smallest absolute Gasteiger partial charge is 0.233 e. The summed E-state index contributed by atoms with van der Waals surface area (Å²) in [4.78, 5) is 14.9. The van der Waals surface area contributed by atoms with Crippen molar-refractivity contribution < 1.29 is 4.79 Å². The number of benzene rings is 1. The van der Waals surface area contributed by atoms with Crippen LogP contribution in [0.5, 0.6) is 0 Å². The van der Waals surface area contributed by atoms with Crippen LogP contribution in [0.2, 0.25) is 0 Å². The van der Waals surface area contributed by atoms with E-state index in [2.05, 4.69) is 38.3 Å². The van der Waals surface area contributed by atoms with Crippen molar-refractivity contribution in [3.8, 4) is 0 Å². The Morgan fingerprint density at radius 3 is 2.50 bits per heavy atom. The first-order valence-electron chi connectivity index (χ1n) is 6.98. The average molecular weight is 360 g/mol. The molecular weight excluding hydrogens is 340 g/mol. The van der Waals surface area contributed by atoms with Crippen molar-refractivity contribution in [1.82, 2.24) is 10.2 Å². The highest BCUT2D eigenvalue weighted by Crippen LogP contribution is 2.49. The minimum absolute atomic E-state index is 0. The molecule has 2 aliphatic rings. The van der Waals surface area contributed by atoms with Gasteiger partial charge in [0.2, 0.25) is 5.91 Å². The van der Waals surface area contributed by atoms with E-state index < -0.39 is 0 Å². The minimum atomic E-state index is -0.217. The van der Waals surface area contributed by atoms with Gasteiger partial charge < -0.3 is 10.2 Å². The van der Waals surface area contributed by atoms with Gasteiger partial charge >= 0.3 is 0 Å². The second-order valence-corrected chi connectivity index (χ2v) is 6.40. The highest BCUT2D eigenvalue weighted by molar-refractivity contribution is 9.10. The van der Waals surface area contributed by atoms with Gasteiger partial charge in [-0.1, -0.05) is 28.1 Å². The van der Waals surface area contributed by atoms with Crippen LogP contribution >= 0.6 is 28.3 Å². The maximum atomic E-state index is 12.8. The summed E-state index contributed by atoms with van der Waals surface area (Å²) in [6.07, 6.45) is 3.05. The maximum Gasteiger partial charge on any atom is 0.233 e. The summed E-state index contributed by atoms with van der Waals surface area (Å²) in [6, 6.07) is 8.25. The van der Waals surface area contributed by atoms with Crippen LogP contribution in [-0.2, 0) is 10.2 Å². The predicted molar refractivity (Wildman–Crippen MR) is 86.4 cm³/mol. The minimum Gasteiger partial charge on any atom is -0.341 e. The first-order chi connectivity index (χ1) is 9.22. The standard InChI is InChI=1S/C15H19BrN2O.ClH/c16-13-4-2-12(3-5-13)15(6-7-15)14(19)18-10-1-8-17-9-11-18;/h2-5,17H,1,6-11H2;1H. The Labute approximate surface area is 134 Å². The van der Waals surface area contributed by atoms with Gasteiger partial charge in [0.15, 0.2) is 0 Å². The van der Waals surface area contributed by atoms with Gasteiger partial charge in [0, 0.05) is 24.1 Å². The Balaban J connectivity index is 0.00000147. The predicted octanol–water partition coefficient (Wildman–Crippen LogP) is 2.72. The molecule has 2 fully saturated rings. The molecule has 1 saturated heterocycles. The molecule has 1 amide bonds. The zero-order chi connectivity index (χ0) is 13.3. The fraction of sp³-hybridized carbons (Fsp3) is 0.533. The Morgan fingerprint density at radius 2 is 1.85 bits per heavy atom. The Bertz CT molecular complexity index is 465. The molecule has 0 bridgehead atoms. The monoisotopic (exact) mass is 358 g/mol. The van der Waals surface area contributed by atoms with Crippen molar-refractivity contribution in [2.24, 2.45) is 0 Å². The molecule has 1 aromatic rings. The van der Waals surface area contributed by atoms with Crippen LogP contribution in [0, 0.1) is 0 Å². The number of nitrogens with zero attached hydrogens (tertiary/aromatic N) is 1. The molecule has 0 spiro atoms. The number of carbonyl (C=O) groups excluding carboxylic acids is 1. The number of nitrogens with one attached hydrogen (secondary N) is 1. The number of carbonyl (C=O) groups is 1. The van der Waals surface area contributed by atoms with Crippen molar-refractivity contribution in [2.45, 2.75) is 24.7 Å². The molecule has 1 aliphatic heterocycles. The molecule has 1 heterocycles. The van der Waals surface area contributed by atoms with Gasteiger partial charge in [0.25, 0.3) is 0 Å². The molecule has 0 unspecified atom stereocenters. The van der Waals surface area contributed by atoms with Crippen molar-refractivity contribution in [3.63, 3.8) is 0 Å². The van der Waals surface area contributed by atoms with E-state index in [0.717, 1.165) is 49.9 Å². The van der Waals surface area contributed by atoms with Crippen molar-refractivity contribution in [2.75, 3.05) is 26.2 Å². The molecule has 1 N–H and O–H groups in total. The molecule has 20 heavy (non-hydrogen) atoms. The van der Waals surface area contributed by atoms with Crippen LogP contribution in [0.1, 0.15) is 24.8 Å². The zero-order valence-electron chi connectivity index (χ0n) is 11.4. The average Bonchev–Trinajstić information content (AvgIpc) is 3.24. The summed E-state index contributed by atoms with van der Waals surface area (Å²) >= 11 is 3.45. The molecule has 0 atom stereocenters. The number of amides is 1. The second-order valence-electron chi connectivity index (χ2n) is 5.48. The Hall–Kier alpha value is -0.580. The van der Waals surface area contributed by atoms with Gasteiger partial charge in [-0.25, -0.2) is 0 Å². The SMILES string of the molecule is Cl.O=C(N1CCCNCC1)C1(c2ccc(Br)cc2)CC1. The fourth-order valence-corrected chi connectivity index (χ4v) is 3.14. The van der Waals surface area contributed by atoms with Gasteiger partial charge in [-0.15, -0.1) is 12.4 Å². The van der Waals surface area contributed by atoms with E-state index in [4.69, 9.17) is 0 Å². The van der Waals surface area contributed by atoms with Crippen molar-refractivity contribution in [1.29, 1.82) is 0 Å². The lowest BCUT2D eigenvalue weighted by Crippen LogP contribution is -2.41.